The first kappa shape index (κ1) is 40.6. The van der Waals surface area contributed by atoms with Crippen LogP contribution in [0.15, 0.2) is 24.3 Å². The summed E-state index contributed by atoms with van der Waals surface area (Å²) in [4.78, 5) is 40.3. The molecule has 2 rings (SSSR count). The average Bonchev–Trinajstić information content (AvgIpc) is 3.01. The smallest absolute Gasteiger partial charge is 0.255 e. The summed E-state index contributed by atoms with van der Waals surface area (Å²) < 4.78 is 16.2. The minimum Gasteiger partial charge on any atom is -0.493 e. The van der Waals surface area contributed by atoms with E-state index in [9.17, 15) is 19.5 Å². The van der Waals surface area contributed by atoms with Crippen LogP contribution >= 0.6 is 12.4 Å². The highest BCUT2D eigenvalue weighted by Gasteiger charge is 2.30. The number of benzene rings is 1. The number of para-hydroxylation sites is 1. The second-order valence-electron chi connectivity index (χ2n) is 12.3. The maximum absolute atomic E-state index is 13.1. The minimum absolute atomic E-state index is 0. The fraction of sp³-hybridized carbons (Fsp3) is 0.727. The van der Waals surface area contributed by atoms with E-state index in [-0.39, 0.29) is 67.3 Å². The molecule has 1 aromatic rings. The molecule has 0 spiro atoms. The Morgan fingerprint density at radius 2 is 1.67 bits per heavy atom. The molecular formula is C33H57ClN4O7. The molecule has 1 aliphatic rings. The normalized spacial score (nSPS) is 16.0. The van der Waals surface area contributed by atoms with Gasteiger partial charge in [0.1, 0.15) is 5.75 Å². The highest BCUT2D eigenvalue weighted by molar-refractivity contribution is 5.96. The summed E-state index contributed by atoms with van der Waals surface area (Å²) in [7, 11) is 1.67. The third kappa shape index (κ3) is 14.7. The average molecular weight is 657 g/mol. The van der Waals surface area contributed by atoms with Gasteiger partial charge in [-0.05, 0) is 55.6 Å². The number of morpholine rings is 1. The Morgan fingerprint density at radius 1 is 1.00 bits per heavy atom. The Bertz CT molecular complexity index is 1010. The van der Waals surface area contributed by atoms with E-state index < -0.39 is 18.1 Å². The number of hydrogen-bond donors (Lipinski definition) is 4. The predicted octanol–water partition coefficient (Wildman–Crippen LogP) is 3.02. The third-order valence-corrected chi connectivity index (χ3v) is 8.31. The Labute approximate surface area is 275 Å². The molecule has 258 valence electrons. The van der Waals surface area contributed by atoms with Crippen molar-refractivity contribution in [2.75, 3.05) is 59.7 Å². The van der Waals surface area contributed by atoms with Crippen molar-refractivity contribution in [3.8, 4) is 5.75 Å². The molecule has 4 atom stereocenters. The van der Waals surface area contributed by atoms with Crippen molar-refractivity contribution in [3.05, 3.63) is 29.8 Å². The molecule has 0 saturated carbocycles. The van der Waals surface area contributed by atoms with E-state index in [1.807, 2.05) is 26.0 Å². The molecule has 12 heteroatoms. The van der Waals surface area contributed by atoms with Gasteiger partial charge in [-0.3, -0.25) is 14.4 Å². The molecule has 45 heavy (non-hydrogen) atoms. The Balaban J connectivity index is 0.0000101. The largest absolute Gasteiger partial charge is 0.493 e. The van der Waals surface area contributed by atoms with Gasteiger partial charge >= 0.3 is 0 Å². The number of halogens is 1. The summed E-state index contributed by atoms with van der Waals surface area (Å²) in [5.74, 6) is -0.116. The van der Waals surface area contributed by atoms with Crippen LogP contribution < -0.4 is 21.1 Å². The van der Waals surface area contributed by atoms with E-state index in [2.05, 4.69) is 24.5 Å². The lowest BCUT2D eigenvalue weighted by molar-refractivity contribution is -0.135. The standard InChI is InChI=1S/C33H56N4O7.ClH/c1-23(2)25(22-36-32(40)26-10-6-7-11-30(26)44-17-9-8-16-42-5)20-28(34)29(38)21-27(24(3)4)33(41)35-13-12-31(39)37-14-18-43-19-15-37;/h6-7,10-11,23-25,27-29,38H,8-9,12-22,34H2,1-5H3,(H,35,41)(H,36,40);1H. The first-order valence-corrected chi connectivity index (χ1v) is 16.1. The number of carbonyl (C=O) groups excluding carboxylic acids is 3. The highest BCUT2D eigenvalue weighted by atomic mass is 35.5. The topological polar surface area (TPSA) is 152 Å². The van der Waals surface area contributed by atoms with Crippen molar-refractivity contribution < 1.29 is 33.7 Å². The minimum atomic E-state index is -0.896. The van der Waals surface area contributed by atoms with Crippen LogP contribution in [0.2, 0.25) is 0 Å². The summed E-state index contributed by atoms with van der Waals surface area (Å²) in [6, 6.07) is 6.62. The van der Waals surface area contributed by atoms with Crippen LogP contribution in [0.3, 0.4) is 0 Å². The first-order valence-electron chi connectivity index (χ1n) is 16.1. The molecule has 1 fully saturated rings. The van der Waals surface area contributed by atoms with Gasteiger partial charge in [-0.2, -0.15) is 0 Å². The molecule has 0 aliphatic carbocycles. The highest BCUT2D eigenvalue weighted by Crippen LogP contribution is 2.24. The summed E-state index contributed by atoms with van der Waals surface area (Å²) in [5, 5.41) is 16.9. The van der Waals surface area contributed by atoms with Gasteiger partial charge < -0.3 is 40.6 Å². The number of aliphatic hydroxyl groups excluding tert-OH is 1. The molecule has 3 amide bonds. The number of aliphatic hydroxyl groups is 1. The maximum atomic E-state index is 13.1. The molecule has 0 aromatic heterocycles. The molecule has 5 N–H and O–H groups in total. The van der Waals surface area contributed by atoms with Gasteiger partial charge in [0.05, 0.1) is 31.5 Å². The van der Waals surface area contributed by atoms with Crippen molar-refractivity contribution in [2.45, 2.75) is 71.9 Å². The lowest BCUT2D eigenvalue weighted by atomic mass is 9.83. The van der Waals surface area contributed by atoms with Crippen molar-refractivity contribution in [1.82, 2.24) is 15.5 Å². The maximum Gasteiger partial charge on any atom is 0.255 e. The monoisotopic (exact) mass is 656 g/mol. The number of amides is 3. The molecule has 0 bridgehead atoms. The SMILES string of the molecule is COCCCCOc1ccccc1C(=O)NCC(CC(N)C(O)CC(C(=O)NCCC(=O)N1CCOCC1)C(C)C)C(C)C.Cl. The van der Waals surface area contributed by atoms with E-state index in [1.165, 1.54) is 0 Å². The Hall–Kier alpha value is -2.44. The molecule has 11 nitrogen and oxygen atoms in total. The van der Waals surface area contributed by atoms with Crippen LogP contribution in [0.25, 0.3) is 0 Å². The number of rotatable bonds is 20. The van der Waals surface area contributed by atoms with E-state index in [4.69, 9.17) is 19.9 Å². The number of methoxy groups -OCH3 is 1. The Kier molecular flexibility index (Phi) is 20.0. The first-order chi connectivity index (χ1) is 21.0. The third-order valence-electron chi connectivity index (χ3n) is 8.31. The number of nitrogens with zero attached hydrogens (tertiary/aromatic N) is 1. The van der Waals surface area contributed by atoms with Crippen molar-refractivity contribution in [1.29, 1.82) is 0 Å². The van der Waals surface area contributed by atoms with Crippen LogP contribution in [0.1, 0.15) is 70.2 Å². The fourth-order valence-electron chi connectivity index (χ4n) is 5.24. The van der Waals surface area contributed by atoms with Gasteiger partial charge in [0.25, 0.3) is 5.91 Å². The number of ether oxygens (including phenoxy) is 3. The van der Waals surface area contributed by atoms with E-state index in [0.717, 1.165) is 12.8 Å². The van der Waals surface area contributed by atoms with Crippen molar-refractivity contribution in [2.24, 2.45) is 29.4 Å². The molecule has 1 aromatic carbocycles. The zero-order chi connectivity index (χ0) is 32.5. The van der Waals surface area contributed by atoms with Crippen LogP contribution in [-0.4, -0.2) is 99.6 Å². The number of carbonyl (C=O) groups is 3. The zero-order valence-electron chi connectivity index (χ0n) is 27.8. The summed E-state index contributed by atoms with van der Waals surface area (Å²) in [6.07, 6.45) is 1.74. The van der Waals surface area contributed by atoms with Crippen molar-refractivity contribution >= 4 is 30.1 Å². The fourth-order valence-corrected chi connectivity index (χ4v) is 5.24. The second-order valence-corrected chi connectivity index (χ2v) is 12.3. The number of nitrogens with one attached hydrogen (secondary N) is 2. The summed E-state index contributed by atoms with van der Waals surface area (Å²) >= 11 is 0. The van der Waals surface area contributed by atoms with Gasteiger partial charge in [0.15, 0.2) is 0 Å². The van der Waals surface area contributed by atoms with Gasteiger partial charge in [-0.15, -0.1) is 12.4 Å². The molecule has 1 heterocycles. The number of hydrogen-bond acceptors (Lipinski definition) is 8. The predicted molar refractivity (Wildman–Crippen MR) is 178 cm³/mol. The van der Waals surface area contributed by atoms with E-state index in [1.54, 1.807) is 24.1 Å². The molecule has 1 aliphatic heterocycles. The van der Waals surface area contributed by atoms with Gasteiger partial charge in [-0.25, -0.2) is 0 Å². The number of nitrogens with two attached hydrogens (primary N) is 1. The molecule has 0 radical (unpaired) electrons. The van der Waals surface area contributed by atoms with Gasteiger partial charge in [0.2, 0.25) is 11.8 Å². The van der Waals surface area contributed by atoms with E-state index >= 15 is 0 Å². The zero-order valence-corrected chi connectivity index (χ0v) is 28.6. The Morgan fingerprint density at radius 3 is 2.31 bits per heavy atom. The number of unbranched alkanes of at least 4 members (excludes halogenated alkanes) is 1. The summed E-state index contributed by atoms with van der Waals surface area (Å²) in [5.41, 5.74) is 6.95. The molecule has 4 unspecified atom stereocenters. The van der Waals surface area contributed by atoms with Crippen LogP contribution in [0.5, 0.6) is 5.75 Å². The van der Waals surface area contributed by atoms with Gasteiger partial charge in [-0.1, -0.05) is 39.8 Å². The lowest BCUT2D eigenvalue weighted by Crippen LogP contribution is -2.45. The van der Waals surface area contributed by atoms with Crippen molar-refractivity contribution in [3.63, 3.8) is 0 Å². The van der Waals surface area contributed by atoms with Crippen LogP contribution in [0, 0.1) is 23.7 Å². The second kappa shape index (κ2) is 22.1. The van der Waals surface area contributed by atoms with E-state index in [0.29, 0.717) is 63.8 Å². The molecule has 1 saturated heterocycles. The lowest BCUT2D eigenvalue weighted by Gasteiger charge is -2.30. The van der Waals surface area contributed by atoms with Gasteiger partial charge in [0, 0.05) is 58.3 Å². The molecular weight excluding hydrogens is 600 g/mol. The van der Waals surface area contributed by atoms with Crippen LogP contribution in [0.4, 0.5) is 0 Å². The quantitative estimate of drug-likeness (QED) is 0.156. The summed E-state index contributed by atoms with van der Waals surface area (Å²) in [6.45, 7) is 12.0. The van der Waals surface area contributed by atoms with Crippen LogP contribution in [-0.2, 0) is 19.1 Å².